The van der Waals surface area contributed by atoms with Crippen molar-refractivity contribution in [2.24, 2.45) is 0 Å². The summed E-state index contributed by atoms with van der Waals surface area (Å²) in [5, 5.41) is 13.4. The molecule has 7 nitrogen and oxygen atoms in total. The van der Waals surface area contributed by atoms with Crippen LogP contribution in [0.4, 0.5) is 5.69 Å². The molecular weight excluding hydrogens is 454 g/mol. The highest BCUT2D eigenvalue weighted by molar-refractivity contribution is 6.10. The van der Waals surface area contributed by atoms with Crippen LogP contribution in [0.25, 0.3) is 17.0 Å². The van der Waals surface area contributed by atoms with E-state index in [1.54, 1.807) is 42.5 Å². The molecule has 0 atom stereocenters. The average molecular weight is 480 g/mol. The summed E-state index contributed by atoms with van der Waals surface area (Å²) in [5.41, 5.74) is 3.59. The van der Waals surface area contributed by atoms with Crippen molar-refractivity contribution >= 4 is 34.5 Å². The van der Waals surface area contributed by atoms with Crippen LogP contribution in [0.3, 0.4) is 0 Å². The number of nitriles is 1. The van der Waals surface area contributed by atoms with Crippen LogP contribution < -0.4 is 10.1 Å². The Morgan fingerprint density at radius 3 is 2.64 bits per heavy atom. The summed E-state index contributed by atoms with van der Waals surface area (Å²) in [6.45, 7) is 2.89. The van der Waals surface area contributed by atoms with E-state index in [-0.39, 0.29) is 5.57 Å². The summed E-state index contributed by atoms with van der Waals surface area (Å²) in [6.07, 6.45) is 3.49. The van der Waals surface area contributed by atoms with Gasteiger partial charge in [-0.15, -0.1) is 0 Å². The zero-order chi connectivity index (χ0) is 25.5. The minimum atomic E-state index is -0.506. The minimum Gasteiger partial charge on any atom is -0.494 e. The molecule has 0 unspecified atom stereocenters. The molecule has 1 heterocycles. The summed E-state index contributed by atoms with van der Waals surface area (Å²) in [4.78, 5) is 24.8. The summed E-state index contributed by atoms with van der Waals surface area (Å²) in [5.74, 6) is -0.264. The van der Waals surface area contributed by atoms with Crippen LogP contribution in [-0.4, -0.2) is 30.2 Å². The number of fused-ring (bicyclic) bond motifs is 1. The van der Waals surface area contributed by atoms with Gasteiger partial charge in [0, 0.05) is 41.0 Å². The van der Waals surface area contributed by atoms with Gasteiger partial charge in [0.2, 0.25) is 0 Å². The van der Waals surface area contributed by atoms with E-state index in [2.05, 4.69) is 5.32 Å². The molecule has 0 aliphatic rings. The third kappa shape index (κ3) is 5.45. The lowest BCUT2D eigenvalue weighted by atomic mass is 10.1. The van der Waals surface area contributed by atoms with E-state index in [1.807, 2.05) is 60.2 Å². The van der Waals surface area contributed by atoms with Gasteiger partial charge in [-0.05, 0) is 48.9 Å². The van der Waals surface area contributed by atoms with Crippen molar-refractivity contribution in [3.05, 3.63) is 101 Å². The smallest absolute Gasteiger partial charge is 0.337 e. The molecule has 0 spiro atoms. The van der Waals surface area contributed by atoms with Crippen LogP contribution in [0.15, 0.2) is 84.6 Å². The number of carbonyl (C=O) groups excluding carboxylic acids is 2. The molecule has 0 radical (unpaired) electrons. The van der Waals surface area contributed by atoms with Crippen molar-refractivity contribution in [3.8, 4) is 11.8 Å². The Morgan fingerprint density at radius 2 is 1.86 bits per heavy atom. The lowest BCUT2D eigenvalue weighted by Gasteiger charge is -2.07. The maximum absolute atomic E-state index is 12.9. The highest BCUT2D eigenvalue weighted by Crippen LogP contribution is 2.25. The molecule has 3 aromatic carbocycles. The summed E-state index contributed by atoms with van der Waals surface area (Å²) in [7, 11) is 1.35. The Bertz CT molecular complexity index is 1490. The number of hydrogen-bond acceptors (Lipinski definition) is 5. The molecular formula is C29H25N3O4. The first-order valence-electron chi connectivity index (χ1n) is 11.4. The lowest BCUT2D eigenvalue weighted by Crippen LogP contribution is -2.13. The Kier molecular flexibility index (Phi) is 7.47. The van der Waals surface area contributed by atoms with Crippen LogP contribution in [-0.2, 0) is 16.1 Å². The van der Waals surface area contributed by atoms with E-state index in [9.17, 15) is 14.9 Å². The van der Waals surface area contributed by atoms with Gasteiger partial charge in [-0.3, -0.25) is 4.79 Å². The summed E-state index contributed by atoms with van der Waals surface area (Å²) < 4.78 is 12.3. The molecule has 0 fully saturated rings. The molecule has 4 rings (SSSR count). The van der Waals surface area contributed by atoms with Gasteiger partial charge in [0.1, 0.15) is 17.4 Å². The predicted molar refractivity (Wildman–Crippen MR) is 139 cm³/mol. The van der Waals surface area contributed by atoms with E-state index in [0.717, 1.165) is 22.0 Å². The van der Waals surface area contributed by atoms with Gasteiger partial charge in [0.15, 0.2) is 0 Å². The molecule has 4 aromatic rings. The molecule has 0 aliphatic carbocycles. The maximum Gasteiger partial charge on any atom is 0.337 e. The third-order valence-electron chi connectivity index (χ3n) is 5.59. The second kappa shape index (κ2) is 11.1. The predicted octanol–water partition coefficient (Wildman–Crippen LogP) is 5.42. The highest BCUT2D eigenvalue weighted by atomic mass is 16.5. The molecule has 0 aliphatic heterocycles. The Balaban J connectivity index is 1.64. The van der Waals surface area contributed by atoms with Gasteiger partial charge in [0.25, 0.3) is 5.91 Å². The first-order chi connectivity index (χ1) is 17.5. The van der Waals surface area contributed by atoms with Crippen molar-refractivity contribution in [2.75, 3.05) is 19.0 Å². The molecule has 36 heavy (non-hydrogen) atoms. The number of esters is 1. The zero-order valence-electron chi connectivity index (χ0n) is 20.0. The van der Waals surface area contributed by atoms with Crippen molar-refractivity contribution in [1.82, 2.24) is 4.57 Å². The second-order valence-corrected chi connectivity index (χ2v) is 8.01. The number of aromatic nitrogens is 1. The molecule has 0 saturated carbocycles. The Labute approximate surface area is 209 Å². The average Bonchev–Trinajstić information content (AvgIpc) is 3.24. The van der Waals surface area contributed by atoms with E-state index in [0.29, 0.717) is 30.2 Å². The number of anilines is 1. The number of para-hydroxylation sites is 1. The van der Waals surface area contributed by atoms with Crippen molar-refractivity contribution in [2.45, 2.75) is 13.5 Å². The summed E-state index contributed by atoms with van der Waals surface area (Å²) in [6, 6.07) is 24.1. The van der Waals surface area contributed by atoms with Gasteiger partial charge in [-0.25, -0.2) is 4.79 Å². The number of carbonyl (C=O) groups is 2. The van der Waals surface area contributed by atoms with E-state index >= 15 is 0 Å². The van der Waals surface area contributed by atoms with Crippen molar-refractivity contribution < 1.29 is 19.1 Å². The number of nitrogens with zero attached hydrogens (tertiary/aromatic N) is 2. The lowest BCUT2D eigenvalue weighted by molar-refractivity contribution is -0.112. The fourth-order valence-corrected chi connectivity index (χ4v) is 3.97. The monoisotopic (exact) mass is 479 g/mol. The van der Waals surface area contributed by atoms with Crippen LogP contribution in [0.5, 0.6) is 5.75 Å². The van der Waals surface area contributed by atoms with E-state index < -0.39 is 11.9 Å². The number of benzene rings is 3. The molecule has 1 N–H and O–H groups in total. The topological polar surface area (TPSA) is 93.4 Å². The number of nitrogens with one attached hydrogen (secondary N) is 1. The SMILES string of the molecule is CCOc1cccc(NC(=O)/C(C#N)=C\c2cn(Cc3cccc(C(=O)OC)c3)c3ccccc23)c1. The largest absolute Gasteiger partial charge is 0.494 e. The van der Waals surface area contributed by atoms with Gasteiger partial charge in [-0.1, -0.05) is 36.4 Å². The first-order valence-corrected chi connectivity index (χ1v) is 11.4. The van der Waals surface area contributed by atoms with Crippen LogP contribution in [0.2, 0.25) is 0 Å². The molecule has 0 saturated heterocycles. The molecule has 0 bridgehead atoms. The zero-order valence-corrected chi connectivity index (χ0v) is 20.0. The van der Waals surface area contributed by atoms with E-state index in [1.165, 1.54) is 7.11 Å². The van der Waals surface area contributed by atoms with Crippen LogP contribution >= 0.6 is 0 Å². The molecule has 7 heteroatoms. The van der Waals surface area contributed by atoms with Crippen molar-refractivity contribution in [1.29, 1.82) is 5.26 Å². The Morgan fingerprint density at radius 1 is 1.06 bits per heavy atom. The molecule has 1 amide bonds. The van der Waals surface area contributed by atoms with Gasteiger partial charge < -0.3 is 19.4 Å². The quantitative estimate of drug-likeness (QED) is 0.207. The van der Waals surface area contributed by atoms with Crippen LogP contribution in [0, 0.1) is 11.3 Å². The number of amides is 1. The number of rotatable bonds is 8. The normalized spacial score (nSPS) is 11.1. The van der Waals surface area contributed by atoms with Gasteiger partial charge in [-0.2, -0.15) is 5.26 Å². The molecule has 1 aromatic heterocycles. The number of methoxy groups -OCH3 is 1. The molecule has 180 valence electrons. The minimum absolute atomic E-state index is 0.0209. The fourth-order valence-electron chi connectivity index (χ4n) is 3.97. The van der Waals surface area contributed by atoms with Crippen LogP contribution in [0.1, 0.15) is 28.4 Å². The number of hydrogen-bond donors (Lipinski definition) is 1. The van der Waals surface area contributed by atoms with Gasteiger partial charge in [0.05, 0.1) is 19.3 Å². The second-order valence-electron chi connectivity index (χ2n) is 8.01. The fraction of sp³-hybridized carbons (Fsp3) is 0.138. The van der Waals surface area contributed by atoms with Gasteiger partial charge >= 0.3 is 5.97 Å². The maximum atomic E-state index is 12.9. The first kappa shape index (κ1) is 24.3. The highest BCUT2D eigenvalue weighted by Gasteiger charge is 2.14. The third-order valence-corrected chi connectivity index (χ3v) is 5.59. The van der Waals surface area contributed by atoms with Crippen molar-refractivity contribution in [3.63, 3.8) is 0 Å². The van der Waals surface area contributed by atoms with E-state index in [4.69, 9.17) is 9.47 Å². The Hall–Kier alpha value is -4.83. The summed E-state index contributed by atoms with van der Waals surface area (Å²) >= 11 is 0. The standard InChI is InChI=1S/C29H25N3O4/c1-3-36-25-11-7-10-24(16-25)31-28(33)22(17-30)15-23-19-32(27-13-5-4-12-26(23)27)18-20-8-6-9-21(14-20)29(34)35-2/h4-16,19H,3,18H2,1-2H3,(H,31,33)/b22-15-. The number of ether oxygens (including phenoxy) is 2.